The maximum Gasteiger partial charge on any atom is 0.141 e. The third kappa shape index (κ3) is 3.69. The maximum absolute atomic E-state index is 4.42. The third-order valence-electron chi connectivity index (χ3n) is 4.60. The van der Waals surface area contributed by atoms with Crippen LogP contribution in [0.3, 0.4) is 0 Å². The Balaban J connectivity index is 1.55. The van der Waals surface area contributed by atoms with E-state index in [4.69, 9.17) is 0 Å². The van der Waals surface area contributed by atoms with Crippen LogP contribution in [0, 0.1) is 3.57 Å². The molecule has 3 aromatic rings. The van der Waals surface area contributed by atoms with Crippen molar-refractivity contribution in [3.8, 4) is 0 Å². The van der Waals surface area contributed by atoms with Crippen molar-refractivity contribution in [2.24, 2.45) is 0 Å². The molecule has 6 heteroatoms. The smallest absolute Gasteiger partial charge is 0.141 e. The summed E-state index contributed by atoms with van der Waals surface area (Å²) in [6.45, 7) is 4.40. The molecule has 2 aromatic carbocycles. The highest BCUT2D eigenvalue weighted by Crippen LogP contribution is 2.26. The fourth-order valence-corrected chi connectivity index (χ4v) is 3.58. The lowest BCUT2D eigenvalue weighted by atomic mass is 10.2. The largest absolute Gasteiger partial charge is 0.369 e. The number of benzene rings is 2. The number of nitrogens with one attached hydrogen (secondary N) is 1. The second kappa shape index (κ2) is 7.13. The molecule has 1 N–H and O–H groups in total. The van der Waals surface area contributed by atoms with Crippen molar-refractivity contribution in [1.82, 2.24) is 14.9 Å². The molecule has 5 nitrogen and oxygen atoms in total. The van der Waals surface area contributed by atoms with Crippen molar-refractivity contribution in [2.45, 2.75) is 0 Å². The zero-order valence-corrected chi connectivity index (χ0v) is 16.3. The van der Waals surface area contributed by atoms with Gasteiger partial charge in [0.25, 0.3) is 0 Å². The molecule has 1 saturated heterocycles. The normalized spacial score (nSPS) is 15.5. The molecule has 2 heterocycles. The zero-order valence-electron chi connectivity index (χ0n) is 14.1. The van der Waals surface area contributed by atoms with Crippen LogP contribution in [-0.4, -0.2) is 48.1 Å². The molecule has 1 aliphatic heterocycles. The lowest BCUT2D eigenvalue weighted by molar-refractivity contribution is 0.313. The minimum atomic E-state index is 0.843. The molecule has 0 bridgehead atoms. The van der Waals surface area contributed by atoms with Gasteiger partial charge >= 0.3 is 0 Å². The van der Waals surface area contributed by atoms with E-state index in [2.05, 4.69) is 91.1 Å². The van der Waals surface area contributed by atoms with Crippen molar-refractivity contribution in [3.05, 3.63) is 52.4 Å². The van der Waals surface area contributed by atoms with Crippen molar-refractivity contribution in [2.75, 3.05) is 43.4 Å². The van der Waals surface area contributed by atoms with Gasteiger partial charge in [-0.15, -0.1) is 0 Å². The summed E-state index contributed by atoms with van der Waals surface area (Å²) in [5.74, 6) is 0.843. The topological polar surface area (TPSA) is 44.3 Å². The van der Waals surface area contributed by atoms with Gasteiger partial charge in [-0.05, 0) is 72.1 Å². The minimum Gasteiger partial charge on any atom is -0.369 e. The molecule has 0 aliphatic carbocycles. The molecule has 25 heavy (non-hydrogen) atoms. The number of hydrogen-bond donors (Lipinski definition) is 1. The number of fused-ring (bicyclic) bond motifs is 1. The van der Waals surface area contributed by atoms with E-state index in [0.29, 0.717) is 0 Å². The Hall–Kier alpha value is -1.93. The monoisotopic (exact) mass is 445 g/mol. The molecule has 0 unspecified atom stereocenters. The number of likely N-dealkylation sites (N-methyl/N-ethyl adjacent to an activating group) is 1. The van der Waals surface area contributed by atoms with E-state index in [1.165, 1.54) is 9.26 Å². The molecule has 1 aliphatic rings. The van der Waals surface area contributed by atoms with Gasteiger partial charge < -0.3 is 15.1 Å². The number of rotatable bonds is 3. The highest BCUT2D eigenvalue weighted by molar-refractivity contribution is 14.1. The standard InChI is InChI=1S/C19H20IN5/c1-24-8-10-25(11-9-24)16-5-3-15(4-6-16)23-19-17-12-14(20)2-7-18(17)21-13-22-19/h2-7,12-13H,8-11H2,1H3,(H,21,22,23). The molecule has 0 saturated carbocycles. The number of piperazine rings is 1. The Morgan fingerprint density at radius 3 is 2.48 bits per heavy atom. The molecule has 0 atom stereocenters. The number of nitrogens with zero attached hydrogens (tertiary/aromatic N) is 4. The van der Waals surface area contributed by atoms with Gasteiger partial charge in [0, 0.05) is 46.5 Å². The van der Waals surface area contributed by atoms with Gasteiger partial charge in [-0.25, -0.2) is 9.97 Å². The first-order chi connectivity index (χ1) is 12.2. The van der Waals surface area contributed by atoms with Crippen LogP contribution in [0.15, 0.2) is 48.8 Å². The van der Waals surface area contributed by atoms with Crippen LogP contribution in [0.25, 0.3) is 10.9 Å². The van der Waals surface area contributed by atoms with E-state index in [1.807, 2.05) is 6.07 Å². The van der Waals surface area contributed by atoms with Crippen LogP contribution in [0.1, 0.15) is 0 Å². The van der Waals surface area contributed by atoms with Crippen LogP contribution in [0.5, 0.6) is 0 Å². The van der Waals surface area contributed by atoms with Gasteiger partial charge in [0.1, 0.15) is 12.1 Å². The fourth-order valence-electron chi connectivity index (χ4n) is 3.09. The average molecular weight is 445 g/mol. The Labute approximate surface area is 161 Å². The molecule has 1 aromatic heterocycles. The van der Waals surface area contributed by atoms with Gasteiger partial charge in [0.15, 0.2) is 0 Å². The fraction of sp³-hybridized carbons (Fsp3) is 0.263. The van der Waals surface area contributed by atoms with Crippen molar-refractivity contribution < 1.29 is 0 Å². The summed E-state index contributed by atoms with van der Waals surface area (Å²) >= 11 is 2.31. The predicted molar refractivity (Wildman–Crippen MR) is 112 cm³/mol. The summed E-state index contributed by atoms with van der Waals surface area (Å²) in [6.07, 6.45) is 1.61. The summed E-state index contributed by atoms with van der Waals surface area (Å²) in [6, 6.07) is 14.8. The SMILES string of the molecule is CN1CCN(c2ccc(Nc3ncnc4ccc(I)cc34)cc2)CC1. The van der Waals surface area contributed by atoms with Crippen molar-refractivity contribution in [3.63, 3.8) is 0 Å². The predicted octanol–water partition coefficient (Wildman–Crippen LogP) is 3.73. The first-order valence-electron chi connectivity index (χ1n) is 8.40. The van der Waals surface area contributed by atoms with E-state index in [-0.39, 0.29) is 0 Å². The molecule has 0 amide bonds. The second-order valence-corrected chi connectivity index (χ2v) is 7.59. The van der Waals surface area contributed by atoms with E-state index < -0.39 is 0 Å². The lowest BCUT2D eigenvalue weighted by Crippen LogP contribution is -2.44. The Morgan fingerprint density at radius 1 is 0.960 bits per heavy atom. The summed E-state index contributed by atoms with van der Waals surface area (Å²) in [5, 5.41) is 4.47. The van der Waals surface area contributed by atoms with E-state index in [9.17, 15) is 0 Å². The van der Waals surface area contributed by atoms with E-state index in [1.54, 1.807) is 6.33 Å². The summed E-state index contributed by atoms with van der Waals surface area (Å²) in [7, 11) is 2.18. The molecule has 0 radical (unpaired) electrons. The van der Waals surface area contributed by atoms with Crippen molar-refractivity contribution >= 4 is 50.7 Å². The van der Waals surface area contributed by atoms with Gasteiger partial charge in [-0.3, -0.25) is 0 Å². The third-order valence-corrected chi connectivity index (χ3v) is 5.27. The Kier molecular flexibility index (Phi) is 4.72. The van der Waals surface area contributed by atoms with Crippen LogP contribution in [0.4, 0.5) is 17.2 Å². The van der Waals surface area contributed by atoms with Gasteiger partial charge in [0.2, 0.25) is 0 Å². The minimum absolute atomic E-state index is 0.843. The molecule has 4 rings (SSSR count). The van der Waals surface area contributed by atoms with Crippen LogP contribution < -0.4 is 10.2 Å². The van der Waals surface area contributed by atoms with E-state index >= 15 is 0 Å². The molecule has 1 fully saturated rings. The van der Waals surface area contributed by atoms with Gasteiger partial charge in [-0.2, -0.15) is 0 Å². The molecular formula is C19H20IN5. The first-order valence-corrected chi connectivity index (χ1v) is 9.48. The highest BCUT2D eigenvalue weighted by atomic mass is 127. The summed E-state index contributed by atoms with van der Waals surface area (Å²) < 4.78 is 1.17. The average Bonchev–Trinajstić information content (AvgIpc) is 2.64. The quantitative estimate of drug-likeness (QED) is 0.623. The van der Waals surface area contributed by atoms with Crippen LogP contribution in [-0.2, 0) is 0 Å². The Bertz CT molecular complexity index is 873. The summed E-state index contributed by atoms with van der Waals surface area (Å²) in [5.41, 5.74) is 3.27. The summed E-state index contributed by atoms with van der Waals surface area (Å²) in [4.78, 5) is 13.6. The number of halogens is 1. The molecule has 128 valence electrons. The number of aromatic nitrogens is 2. The molecule has 0 spiro atoms. The van der Waals surface area contributed by atoms with E-state index in [0.717, 1.165) is 48.6 Å². The molecular weight excluding hydrogens is 425 g/mol. The number of hydrogen-bond acceptors (Lipinski definition) is 5. The van der Waals surface area contributed by atoms with Gasteiger partial charge in [0.05, 0.1) is 5.52 Å². The first kappa shape index (κ1) is 16.5. The highest BCUT2D eigenvalue weighted by Gasteiger charge is 2.14. The number of anilines is 3. The van der Waals surface area contributed by atoms with Crippen LogP contribution in [0.2, 0.25) is 0 Å². The maximum atomic E-state index is 4.42. The van der Waals surface area contributed by atoms with Crippen molar-refractivity contribution in [1.29, 1.82) is 0 Å². The lowest BCUT2D eigenvalue weighted by Gasteiger charge is -2.34. The van der Waals surface area contributed by atoms with Gasteiger partial charge in [-0.1, -0.05) is 0 Å². The van der Waals surface area contributed by atoms with Crippen LogP contribution >= 0.6 is 22.6 Å². The Morgan fingerprint density at radius 2 is 1.72 bits per heavy atom. The second-order valence-electron chi connectivity index (χ2n) is 6.35. The zero-order chi connectivity index (χ0) is 17.2.